The van der Waals surface area contributed by atoms with E-state index in [0.717, 1.165) is 43.4 Å². The molecule has 8 nitrogen and oxygen atoms in total. The average molecular weight is 353 g/mol. The summed E-state index contributed by atoms with van der Waals surface area (Å²) in [5.74, 6) is 1.80. The van der Waals surface area contributed by atoms with Crippen LogP contribution >= 0.6 is 0 Å². The smallest absolute Gasteiger partial charge is 0.361 e. The van der Waals surface area contributed by atoms with Gasteiger partial charge in [0.1, 0.15) is 11.6 Å². The quantitative estimate of drug-likeness (QED) is 0.896. The number of pyridine rings is 1. The predicted molar refractivity (Wildman–Crippen MR) is 99.7 cm³/mol. The topological polar surface area (TPSA) is 75.0 Å². The highest BCUT2D eigenvalue weighted by Gasteiger charge is 2.24. The lowest BCUT2D eigenvalue weighted by Gasteiger charge is -2.36. The van der Waals surface area contributed by atoms with E-state index in [9.17, 15) is 4.79 Å². The lowest BCUT2D eigenvalue weighted by molar-refractivity contribution is 0.250. The number of benzene rings is 1. The fourth-order valence-electron chi connectivity index (χ4n) is 3.22. The number of methoxy groups -OCH3 is 1. The highest BCUT2D eigenvalue weighted by Crippen LogP contribution is 2.23. The number of ether oxygens (including phenoxy) is 1. The summed E-state index contributed by atoms with van der Waals surface area (Å²) in [6.07, 6.45) is 1.73. The van der Waals surface area contributed by atoms with E-state index < -0.39 is 0 Å². The average Bonchev–Trinajstić information content (AvgIpc) is 3.14. The van der Waals surface area contributed by atoms with E-state index in [0.29, 0.717) is 6.67 Å². The molecule has 1 aromatic carbocycles. The standard InChI is InChI=1S/C18H21N6O2/c1-26-16-5-2-14(3-6-16)22-8-10-23(11-9-22)17-7-4-15(12-19-17)24-13-20-21-18(24)25/h2-7,12,20H,8-11,13H2,1H3. The summed E-state index contributed by atoms with van der Waals surface area (Å²) >= 11 is 0. The van der Waals surface area contributed by atoms with Gasteiger partial charge in [-0.3, -0.25) is 4.90 Å². The van der Waals surface area contributed by atoms with Gasteiger partial charge in [-0.2, -0.15) is 5.43 Å². The molecule has 26 heavy (non-hydrogen) atoms. The van der Waals surface area contributed by atoms with Crippen LogP contribution in [0.5, 0.6) is 5.75 Å². The molecule has 0 bridgehead atoms. The lowest BCUT2D eigenvalue weighted by Crippen LogP contribution is -2.46. The van der Waals surface area contributed by atoms with Crippen LogP contribution in [0.15, 0.2) is 42.6 Å². The number of amides is 2. The number of piperazine rings is 1. The summed E-state index contributed by atoms with van der Waals surface area (Å²) in [5, 5.41) is 0. The van der Waals surface area contributed by atoms with Gasteiger partial charge in [0, 0.05) is 31.9 Å². The molecule has 0 aliphatic carbocycles. The predicted octanol–water partition coefficient (Wildman–Crippen LogP) is 1.42. The number of anilines is 3. The summed E-state index contributed by atoms with van der Waals surface area (Å²) in [6.45, 7) is 4.06. The number of urea groups is 1. The molecule has 2 aromatic rings. The third kappa shape index (κ3) is 3.23. The number of carbonyl (C=O) groups excluding carboxylic acids is 1. The molecule has 2 fully saturated rings. The first-order valence-corrected chi connectivity index (χ1v) is 8.60. The zero-order chi connectivity index (χ0) is 17.9. The maximum Gasteiger partial charge on any atom is 0.361 e. The SMILES string of the molecule is COc1ccc(N2CCN(c3ccc(N4CN[N]C4=O)cn3)CC2)cc1. The maximum absolute atomic E-state index is 11.6. The lowest BCUT2D eigenvalue weighted by atomic mass is 10.2. The van der Waals surface area contributed by atoms with Gasteiger partial charge >= 0.3 is 6.03 Å². The van der Waals surface area contributed by atoms with E-state index >= 15 is 0 Å². The number of hydrogen-bond acceptors (Lipinski definition) is 6. The van der Waals surface area contributed by atoms with Crippen molar-refractivity contribution < 1.29 is 9.53 Å². The number of nitrogens with zero attached hydrogens (tertiary/aromatic N) is 5. The van der Waals surface area contributed by atoms with Crippen LogP contribution in [0.1, 0.15) is 0 Å². The van der Waals surface area contributed by atoms with Crippen LogP contribution in [0.4, 0.5) is 22.0 Å². The fraction of sp³-hybridized carbons (Fsp3) is 0.333. The molecular formula is C18H21N6O2. The van der Waals surface area contributed by atoms with Crippen molar-refractivity contribution in [3.05, 3.63) is 42.6 Å². The Labute approximate surface area is 152 Å². The minimum Gasteiger partial charge on any atom is -0.497 e. The van der Waals surface area contributed by atoms with Crippen LogP contribution in [-0.4, -0.2) is 51.0 Å². The Hall–Kier alpha value is -3.00. The van der Waals surface area contributed by atoms with Gasteiger partial charge in [0.05, 0.1) is 25.7 Å². The number of nitrogens with one attached hydrogen (secondary N) is 1. The molecule has 2 saturated heterocycles. The van der Waals surface area contributed by atoms with Gasteiger partial charge < -0.3 is 14.5 Å². The molecule has 2 amide bonds. The Morgan fingerprint density at radius 1 is 0.962 bits per heavy atom. The van der Waals surface area contributed by atoms with Gasteiger partial charge in [0.25, 0.3) is 0 Å². The Balaban J connectivity index is 1.37. The van der Waals surface area contributed by atoms with Crippen molar-refractivity contribution in [2.24, 2.45) is 0 Å². The van der Waals surface area contributed by atoms with Crippen LogP contribution in [0, 0.1) is 0 Å². The minimum atomic E-state index is -0.285. The van der Waals surface area contributed by atoms with E-state index in [1.54, 1.807) is 18.2 Å². The van der Waals surface area contributed by atoms with Crippen LogP contribution in [0.2, 0.25) is 0 Å². The number of hydrogen-bond donors (Lipinski definition) is 1. The van der Waals surface area contributed by atoms with E-state index in [2.05, 4.69) is 37.8 Å². The number of aromatic nitrogens is 1. The Kier molecular flexibility index (Phi) is 4.49. The van der Waals surface area contributed by atoms with E-state index in [1.165, 1.54) is 5.69 Å². The molecule has 1 radical (unpaired) electrons. The molecule has 8 heteroatoms. The van der Waals surface area contributed by atoms with Crippen molar-refractivity contribution in [3.8, 4) is 5.75 Å². The third-order valence-corrected chi connectivity index (χ3v) is 4.72. The molecule has 0 spiro atoms. The Morgan fingerprint density at radius 2 is 1.65 bits per heavy atom. The van der Waals surface area contributed by atoms with E-state index in [-0.39, 0.29) is 6.03 Å². The fourth-order valence-corrected chi connectivity index (χ4v) is 3.22. The molecule has 0 unspecified atom stereocenters. The van der Waals surface area contributed by atoms with E-state index in [4.69, 9.17) is 4.74 Å². The zero-order valence-corrected chi connectivity index (χ0v) is 14.6. The van der Waals surface area contributed by atoms with Crippen molar-refractivity contribution in [2.75, 3.05) is 54.7 Å². The molecular weight excluding hydrogens is 332 g/mol. The van der Waals surface area contributed by atoms with Crippen LogP contribution in [0.25, 0.3) is 0 Å². The largest absolute Gasteiger partial charge is 0.497 e. The highest BCUT2D eigenvalue weighted by molar-refractivity contribution is 5.92. The molecule has 2 aliphatic heterocycles. The Morgan fingerprint density at radius 3 is 2.23 bits per heavy atom. The molecule has 2 aliphatic rings. The monoisotopic (exact) mass is 353 g/mol. The second kappa shape index (κ2) is 7.09. The van der Waals surface area contributed by atoms with E-state index in [1.807, 2.05) is 24.3 Å². The van der Waals surface area contributed by atoms with Crippen LogP contribution in [0.3, 0.4) is 0 Å². The second-order valence-corrected chi connectivity index (χ2v) is 6.19. The first-order valence-electron chi connectivity index (χ1n) is 8.60. The summed E-state index contributed by atoms with van der Waals surface area (Å²) in [5.41, 5.74) is 8.28. The zero-order valence-electron chi connectivity index (χ0n) is 14.6. The number of carbonyl (C=O) groups is 1. The summed E-state index contributed by atoms with van der Waals surface area (Å²) < 4.78 is 5.22. The van der Waals surface area contributed by atoms with Crippen molar-refractivity contribution in [1.82, 2.24) is 15.8 Å². The van der Waals surface area contributed by atoms with Gasteiger partial charge in [0.2, 0.25) is 0 Å². The molecule has 0 atom stereocenters. The summed E-state index contributed by atoms with van der Waals surface area (Å²) in [6, 6.07) is 11.8. The van der Waals surface area contributed by atoms with Crippen molar-refractivity contribution in [3.63, 3.8) is 0 Å². The van der Waals surface area contributed by atoms with Gasteiger partial charge in [-0.1, -0.05) is 0 Å². The van der Waals surface area contributed by atoms with Crippen LogP contribution in [-0.2, 0) is 0 Å². The molecule has 1 N–H and O–H groups in total. The molecule has 0 saturated carbocycles. The molecule has 1 aromatic heterocycles. The normalized spacial score (nSPS) is 17.4. The van der Waals surface area contributed by atoms with Crippen molar-refractivity contribution >= 4 is 23.2 Å². The van der Waals surface area contributed by atoms with Crippen molar-refractivity contribution in [2.45, 2.75) is 0 Å². The molecule has 135 valence electrons. The second-order valence-electron chi connectivity index (χ2n) is 6.19. The maximum atomic E-state index is 11.6. The first-order chi connectivity index (χ1) is 12.7. The van der Waals surface area contributed by atoms with Crippen LogP contribution < -0.4 is 30.3 Å². The minimum absolute atomic E-state index is 0.285. The van der Waals surface area contributed by atoms with Gasteiger partial charge in [-0.25, -0.2) is 9.78 Å². The number of rotatable bonds is 4. The Bertz CT molecular complexity index is 756. The van der Waals surface area contributed by atoms with Gasteiger partial charge in [0.15, 0.2) is 0 Å². The summed E-state index contributed by atoms with van der Waals surface area (Å²) in [4.78, 5) is 22.3. The van der Waals surface area contributed by atoms with Crippen molar-refractivity contribution in [1.29, 1.82) is 0 Å². The highest BCUT2D eigenvalue weighted by atomic mass is 16.5. The summed E-state index contributed by atoms with van der Waals surface area (Å²) in [7, 11) is 1.68. The molecule has 4 rings (SSSR count). The molecule has 3 heterocycles. The van der Waals surface area contributed by atoms with Gasteiger partial charge in [-0.05, 0) is 36.4 Å². The van der Waals surface area contributed by atoms with Gasteiger partial charge in [-0.15, -0.1) is 5.43 Å². The first kappa shape index (κ1) is 16.5. The third-order valence-electron chi connectivity index (χ3n) is 4.72.